The second kappa shape index (κ2) is 4.42. The number of rotatable bonds is 2. The van der Waals surface area contributed by atoms with E-state index < -0.39 is 40.2 Å². The van der Waals surface area contributed by atoms with Gasteiger partial charge in [-0.1, -0.05) is 0 Å². The minimum atomic E-state index is -1.80. The van der Waals surface area contributed by atoms with Crippen LogP contribution in [0.15, 0.2) is 12.5 Å². The highest BCUT2D eigenvalue weighted by Gasteiger charge is 2.27. The molecule has 19 heavy (non-hydrogen) atoms. The highest BCUT2D eigenvalue weighted by Crippen LogP contribution is 2.27. The second-order valence-electron chi connectivity index (χ2n) is 4.02. The maximum atomic E-state index is 14.0. The lowest BCUT2D eigenvalue weighted by molar-refractivity contribution is 0.0686. The predicted octanol–water partition coefficient (Wildman–Crippen LogP) is 2.60. The van der Waals surface area contributed by atoms with Crippen LogP contribution in [0.25, 0.3) is 5.69 Å². The molecule has 0 bridgehead atoms. The van der Waals surface area contributed by atoms with E-state index in [2.05, 4.69) is 4.98 Å². The first-order chi connectivity index (χ1) is 8.84. The molecule has 0 radical (unpaired) electrons. The van der Waals surface area contributed by atoms with Crippen molar-refractivity contribution in [2.45, 2.75) is 13.8 Å². The molecule has 0 aliphatic rings. The second-order valence-corrected chi connectivity index (χ2v) is 4.02. The van der Waals surface area contributed by atoms with Crippen molar-refractivity contribution >= 4 is 5.97 Å². The van der Waals surface area contributed by atoms with Crippen LogP contribution in [0.5, 0.6) is 0 Å². The summed E-state index contributed by atoms with van der Waals surface area (Å²) in [6, 6.07) is 0. The molecular weight excluding hydrogens is 261 g/mol. The highest BCUT2D eigenvalue weighted by molar-refractivity contribution is 5.89. The molecule has 0 unspecified atom stereocenters. The van der Waals surface area contributed by atoms with E-state index in [1.165, 1.54) is 6.20 Å². The van der Waals surface area contributed by atoms with Crippen LogP contribution in [0, 0.1) is 31.3 Å². The molecule has 0 aliphatic carbocycles. The zero-order chi connectivity index (χ0) is 14.3. The van der Waals surface area contributed by atoms with Gasteiger partial charge in [-0.3, -0.25) is 0 Å². The summed E-state index contributed by atoms with van der Waals surface area (Å²) in [7, 11) is 0. The predicted molar refractivity (Wildman–Crippen MR) is 59.9 cm³/mol. The third-order valence-corrected chi connectivity index (χ3v) is 2.70. The molecule has 0 atom stereocenters. The summed E-state index contributed by atoms with van der Waals surface area (Å²) in [4.78, 5) is 14.7. The van der Waals surface area contributed by atoms with Crippen molar-refractivity contribution < 1.29 is 23.1 Å². The topological polar surface area (TPSA) is 55.1 Å². The first kappa shape index (κ1) is 13.1. The number of hydrogen-bond acceptors (Lipinski definition) is 2. The van der Waals surface area contributed by atoms with Gasteiger partial charge < -0.3 is 9.67 Å². The summed E-state index contributed by atoms with van der Waals surface area (Å²) >= 11 is 0. The molecule has 0 aliphatic heterocycles. The lowest BCUT2D eigenvalue weighted by atomic mass is 10.1. The van der Waals surface area contributed by atoms with E-state index in [9.17, 15) is 18.0 Å². The minimum Gasteiger partial charge on any atom is -0.477 e. The molecule has 0 amide bonds. The fraction of sp³-hybridized carbons (Fsp3) is 0.167. The van der Waals surface area contributed by atoms with E-state index in [1.54, 1.807) is 6.92 Å². The molecule has 0 saturated carbocycles. The van der Waals surface area contributed by atoms with Gasteiger partial charge in [0.05, 0.1) is 12.0 Å². The van der Waals surface area contributed by atoms with E-state index in [0.29, 0.717) is 5.69 Å². The van der Waals surface area contributed by atoms with Crippen molar-refractivity contribution in [1.82, 2.24) is 9.55 Å². The van der Waals surface area contributed by atoms with E-state index in [0.717, 1.165) is 17.8 Å². The Morgan fingerprint density at radius 3 is 2.32 bits per heavy atom. The molecule has 7 heteroatoms. The number of benzene rings is 1. The van der Waals surface area contributed by atoms with Gasteiger partial charge >= 0.3 is 5.97 Å². The molecule has 100 valence electrons. The third kappa shape index (κ3) is 1.96. The van der Waals surface area contributed by atoms with Gasteiger partial charge in [0.15, 0.2) is 11.6 Å². The molecule has 2 rings (SSSR count). The largest absolute Gasteiger partial charge is 0.477 e. The molecule has 1 N–H and O–H groups in total. The monoisotopic (exact) mass is 270 g/mol. The zero-order valence-corrected chi connectivity index (χ0v) is 10.0. The number of carboxylic acids is 1. The average molecular weight is 270 g/mol. The Bertz CT molecular complexity index is 680. The van der Waals surface area contributed by atoms with Crippen molar-refractivity contribution in [1.29, 1.82) is 0 Å². The summed E-state index contributed by atoms with van der Waals surface area (Å²) < 4.78 is 42.5. The first-order valence-electron chi connectivity index (χ1n) is 5.26. The number of imidazole rings is 1. The van der Waals surface area contributed by atoms with Crippen LogP contribution in [0.2, 0.25) is 0 Å². The van der Waals surface area contributed by atoms with E-state index in [4.69, 9.17) is 5.11 Å². The van der Waals surface area contributed by atoms with E-state index in [-0.39, 0.29) is 0 Å². The fourth-order valence-electron chi connectivity index (χ4n) is 1.73. The number of aromatic carboxylic acids is 1. The van der Waals surface area contributed by atoms with Crippen molar-refractivity contribution in [3.05, 3.63) is 46.8 Å². The number of halogens is 3. The number of aryl methyl sites for hydroxylation is 1. The first-order valence-corrected chi connectivity index (χ1v) is 5.26. The van der Waals surface area contributed by atoms with Crippen LogP contribution >= 0.6 is 0 Å². The summed E-state index contributed by atoms with van der Waals surface area (Å²) in [6.45, 7) is 2.64. The van der Waals surface area contributed by atoms with Gasteiger partial charge in [0.25, 0.3) is 0 Å². The summed E-state index contributed by atoms with van der Waals surface area (Å²) in [5.74, 6) is -5.83. The van der Waals surface area contributed by atoms with Crippen molar-refractivity contribution in [2.24, 2.45) is 0 Å². The van der Waals surface area contributed by atoms with Gasteiger partial charge in [0.2, 0.25) is 0 Å². The van der Waals surface area contributed by atoms with Crippen LogP contribution in [0.3, 0.4) is 0 Å². The lowest BCUT2D eigenvalue weighted by Gasteiger charge is -2.12. The highest BCUT2D eigenvalue weighted by atomic mass is 19.1. The standard InChI is InChI=1S/C12H9F3N2O2/c1-5-3-17(4-16-5)11-9(14)6(2)8(13)7(10(11)15)12(18)19/h3-4H,1-2H3,(H,18,19). The van der Waals surface area contributed by atoms with Gasteiger partial charge in [0.1, 0.15) is 17.1 Å². The van der Waals surface area contributed by atoms with Gasteiger partial charge in [-0.15, -0.1) is 0 Å². The SMILES string of the molecule is Cc1cn(-c2c(F)c(C)c(F)c(C(=O)O)c2F)cn1. The van der Waals surface area contributed by atoms with E-state index in [1.807, 2.05) is 0 Å². The number of carbonyl (C=O) groups is 1. The summed E-state index contributed by atoms with van der Waals surface area (Å²) in [6.07, 6.45) is 2.43. The van der Waals surface area contributed by atoms with E-state index >= 15 is 0 Å². The summed E-state index contributed by atoms with van der Waals surface area (Å²) in [5, 5.41) is 8.81. The number of carboxylic acid groups (broad SMARTS) is 1. The van der Waals surface area contributed by atoms with Gasteiger partial charge in [0, 0.05) is 11.8 Å². The van der Waals surface area contributed by atoms with Gasteiger partial charge in [-0.2, -0.15) is 0 Å². The fourth-order valence-corrected chi connectivity index (χ4v) is 1.73. The smallest absolute Gasteiger partial charge is 0.341 e. The van der Waals surface area contributed by atoms with Crippen molar-refractivity contribution in [3.8, 4) is 5.69 Å². The Morgan fingerprint density at radius 1 is 1.21 bits per heavy atom. The number of hydrogen-bond donors (Lipinski definition) is 1. The van der Waals surface area contributed by atoms with Crippen LogP contribution in [-0.2, 0) is 0 Å². The minimum absolute atomic E-state index is 0.484. The van der Waals surface area contributed by atoms with Crippen LogP contribution < -0.4 is 0 Å². The quantitative estimate of drug-likeness (QED) is 0.912. The lowest BCUT2D eigenvalue weighted by Crippen LogP contribution is -2.13. The van der Waals surface area contributed by atoms with Crippen molar-refractivity contribution in [2.75, 3.05) is 0 Å². The number of aromatic nitrogens is 2. The molecule has 4 nitrogen and oxygen atoms in total. The van der Waals surface area contributed by atoms with Crippen LogP contribution in [0.1, 0.15) is 21.6 Å². The molecule has 1 aromatic heterocycles. The molecule has 1 heterocycles. The van der Waals surface area contributed by atoms with Crippen molar-refractivity contribution in [3.63, 3.8) is 0 Å². The molecule has 2 aromatic rings. The third-order valence-electron chi connectivity index (χ3n) is 2.70. The molecule has 1 aromatic carbocycles. The Labute approximate surface area is 106 Å². The Hall–Kier alpha value is -2.31. The normalized spacial score (nSPS) is 10.8. The zero-order valence-electron chi connectivity index (χ0n) is 10.0. The molecule has 0 spiro atoms. The Balaban J connectivity index is 2.85. The summed E-state index contributed by atoms with van der Waals surface area (Å²) in [5.41, 5.74) is -1.91. The molecular formula is C12H9F3N2O2. The van der Waals surface area contributed by atoms with Crippen LogP contribution in [0.4, 0.5) is 13.2 Å². The van der Waals surface area contributed by atoms with Gasteiger partial charge in [-0.05, 0) is 13.8 Å². The molecule has 0 saturated heterocycles. The van der Waals surface area contributed by atoms with Crippen LogP contribution in [-0.4, -0.2) is 20.6 Å². The Kier molecular flexibility index (Phi) is 3.05. The molecule has 0 fully saturated rings. The maximum Gasteiger partial charge on any atom is 0.341 e. The number of nitrogens with zero attached hydrogens (tertiary/aromatic N) is 2. The van der Waals surface area contributed by atoms with Gasteiger partial charge in [-0.25, -0.2) is 22.9 Å². The Morgan fingerprint density at radius 2 is 1.84 bits per heavy atom. The maximum absolute atomic E-state index is 14.0. The average Bonchev–Trinajstić information content (AvgIpc) is 2.73.